The number of hydrogen-bond acceptors (Lipinski definition) is 8. The summed E-state index contributed by atoms with van der Waals surface area (Å²) < 4.78 is 40.7. The zero-order chi connectivity index (χ0) is 16.8. The summed E-state index contributed by atoms with van der Waals surface area (Å²) in [6, 6.07) is 2.76. The monoisotopic (exact) mass is 334 g/mol. The van der Waals surface area contributed by atoms with Crippen molar-refractivity contribution in [1.29, 1.82) is 0 Å². The number of rotatable bonds is 7. The molecule has 1 aromatic carbocycles. The van der Waals surface area contributed by atoms with Gasteiger partial charge >= 0.3 is 11.9 Å². The first-order chi connectivity index (χ1) is 10.3. The molecule has 0 fully saturated rings. The third-order valence-corrected chi connectivity index (χ3v) is 3.27. The molecule has 10 heteroatoms. The van der Waals surface area contributed by atoms with E-state index in [0.717, 1.165) is 18.2 Å². The fourth-order valence-electron chi connectivity index (χ4n) is 1.48. The van der Waals surface area contributed by atoms with Crippen molar-refractivity contribution >= 4 is 22.1 Å². The van der Waals surface area contributed by atoms with E-state index in [1.165, 1.54) is 0 Å². The van der Waals surface area contributed by atoms with Crippen molar-refractivity contribution < 1.29 is 42.2 Å². The van der Waals surface area contributed by atoms with Crippen LogP contribution >= 0.6 is 0 Å². The first kappa shape index (κ1) is 18.0. The maximum Gasteiger partial charge on any atom is 0.339 e. The second-order valence-electron chi connectivity index (χ2n) is 3.91. The van der Waals surface area contributed by atoms with Gasteiger partial charge < -0.3 is 19.7 Å². The average molecular weight is 334 g/mol. The van der Waals surface area contributed by atoms with E-state index < -0.39 is 45.7 Å². The molecule has 0 aliphatic carbocycles. The third-order valence-electron chi connectivity index (χ3n) is 2.36. The Balaban J connectivity index is 3.22. The van der Waals surface area contributed by atoms with Gasteiger partial charge in [-0.05, 0) is 18.2 Å². The first-order valence-corrected chi connectivity index (χ1v) is 7.42. The lowest BCUT2D eigenvalue weighted by molar-refractivity contribution is 0.0426. The van der Waals surface area contributed by atoms with Gasteiger partial charge in [0.15, 0.2) is 0 Å². The van der Waals surface area contributed by atoms with Crippen molar-refractivity contribution in [3.05, 3.63) is 29.3 Å². The van der Waals surface area contributed by atoms with Gasteiger partial charge in [-0.1, -0.05) is 0 Å². The Labute approximate surface area is 125 Å². The molecular weight excluding hydrogens is 320 g/mol. The Hall–Kier alpha value is -2.01. The molecule has 0 aliphatic heterocycles. The minimum absolute atomic E-state index is 0.170. The number of esters is 2. The van der Waals surface area contributed by atoms with Gasteiger partial charge in [-0.15, -0.1) is 0 Å². The van der Waals surface area contributed by atoms with Crippen molar-refractivity contribution in [3.63, 3.8) is 0 Å². The molecule has 0 saturated carbocycles. The predicted octanol–water partition coefficient (Wildman–Crippen LogP) is -0.768. The molecule has 1 rings (SSSR count). The van der Waals surface area contributed by atoms with Gasteiger partial charge in [0.2, 0.25) is 0 Å². The normalized spacial score (nSPS) is 11.0. The van der Waals surface area contributed by atoms with Crippen molar-refractivity contribution in [2.75, 3.05) is 26.4 Å². The first-order valence-electron chi connectivity index (χ1n) is 5.98. The zero-order valence-corrected chi connectivity index (χ0v) is 12.1. The van der Waals surface area contributed by atoms with Gasteiger partial charge in [0, 0.05) is 0 Å². The summed E-state index contributed by atoms with van der Waals surface area (Å²) in [5.41, 5.74) is -0.744. The van der Waals surface area contributed by atoms with E-state index in [1.54, 1.807) is 0 Å². The minimum Gasteiger partial charge on any atom is -0.460 e. The highest BCUT2D eigenvalue weighted by atomic mass is 32.2. The second-order valence-corrected chi connectivity index (χ2v) is 5.30. The lowest BCUT2D eigenvalue weighted by atomic mass is 10.1. The molecule has 22 heavy (non-hydrogen) atoms. The van der Waals surface area contributed by atoms with Crippen LogP contribution in [0.5, 0.6) is 0 Å². The molecule has 0 heterocycles. The van der Waals surface area contributed by atoms with Crippen molar-refractivity contribution in [2.45, 2.75) is 4.90 Å². The summed E-state index contributed by atoms with van der Waals surface area (Å²) in [5, 5.41) is 17.2. The number of carbonyl (C=O) groups excluding carboxylic acids is 2. The fourth-order valence-corrected chi connectivity index (χ4v) is 2.14. The lowest BCUT2D eigenvalue weighted by Gasteiger charge is -2.09. The molecule has 0 amide bonds. The second kappa shape index (κ2) is 7.84. The van der Waals surface area contributed by atoms with Crippen LogP contribution in [0.3, 0.4) is 0 Å². The molecule has 0 radical (unpaired) electrons. The Morgan fingerprint density at radius 2 is 1.55 bits per heavy atom. The van der Waals surface area contributed by atoms with Gasteiger partial charge in [0.1, 0.15) is 18.1 Å². The Morgan fingerprint density at radius 3 is 2.05 bits per heavy atom. The van der Waals surface area contributed by atoms with Crippen LogP contribution in [-0.2, 0) is 19.6 Å². The fraction of sp³-hybridized carbons (Fsp3) is 0.333. The highest BCUT2D eigenvalue weighted by Gasteiger charge is 2.23. The van der Waals surface area contributed by atoms with Crippen LogP contribution in [0.2, 0.25) is 0 Å². The average Bonchev–Trinajstić information content (AvgIpc) is 2.48. The van der Waals surface area contributed by atoms with E-state index in [9.17, 15) is 18.0 Å². The van der Waals surface area contributed by atoms with E-state index in [1.807, 2.05) is 0 Å². The molecule has 0 saturated heterocycles. The Morgan fingerprint density at radius 1 is 1.00 bits per heavy atom. The van der Waals surface area contributed by atoms with Gasteiger partial charge in [-0.2, -0.15) is 8.42 Å². The van der Waals surface area contributed by atoms with Crippen LogP contribution in [0.4, 0.5) is 0 Å². The van der Waals surface area contributed by atoms with Crippen molar-refractivity contribution in [1.82, 2.24) is 0 Å². The van der Waals surface area contributed by atoms with Gasteiger partial charge in [-0.25, -0.2) is 9.59 Å². The third kappa shape index (κ3) is 4.77. The minimum atomic E-state index is -4.72. The topological polar surface area (TPSA) is 147 Å². The summed E-state index contributed by atoms with van der Waals surface area (Å²) in [5.74, 6) is -2.04. The lowest BCUT2D eigenvalue weighted by Crippen LogP contribution is -2.16. The molecule has 3 N–H and O–H groups in total. The molecule has 0 unspecified atom stereocenters. The van der Waals surface area contributed by atoms with Crippen LogP contribution in [0.15, 0.2) is 23.1 Å². The Bertz CT molecular complexity index is 651. The smallest absolute Gasteiger partial charge is 0.339 e. The molecule has 0 spiro atoms. The van der Waals surface area contributed by atoms with Crippen molar-refractivity contribution in [3.8, 4) is 0 Å². The molecule has 0 aromatic heterocycles. The van der Waals surface area contributed by atoms with E-state index in [2.05, 4.69) is 9.47 Å². The van der Waals surface area contributed by atoms with Crippen LogP contribution in [0.1, 0.15) is 20.7 Å². The summed E-state index contributed by atoms with van der Waals surface area (Å²) in [7, 11) is -4.72. The van der Waals surface area contributed by atoms with Gasteiger partial charge in [0.25, 0.3) is 10.1 Å². The van der Waals surface area contributed by atoms with Crippen molar-refractivity contribution in [2.24, 2.45) is 0 Å². The quantitative estimate of drug-likeness (QED) is 0.432. The highest BCUT2D eigenvalue weighted by molar-refractivity contribution is 7.86. The number of carbonyl (C=O) groups is 2. The molecule has 1 aromatic rings. The molecule has 9 nitrogen and oxygen atoms in total. The van der Waals surface area contributed by atoms with Crippen LogP contribution in [0.25, 0.3) is 0 Å². The van der Waals surface area contributed by atoms with E-state index in [4.69, 9.17) is 14.8 Å². The Kier molecular flexibility index (Phi) is 6.43. The van der Waals surface area contributed by atoms with Crippen LogP contribution < -0.4 is 0 Å². The number of benzene rings is 1. The van der Waals surface area contributed by atoms with E-state index in [0.29, 0.717) is 0 Å². The molecular formula is C12H14O9S. The van der Waals surface area contributed by atoms with Crippen LogP contribution in [-0.4, -0.2) is 61.5 Å². The van der Waals surface area contributed by atoms with E-state index >= 15 is 0 Å². The summed E-state index contributed by atoms with van der Waals surface area (Å²) >= 11 is 0. The summed E-state index contributed by atoms with van der Waals surface area (Å²) in [6.07, 6.45) is 0. The largest absolute Gasteiger partial charge is 0.460 e. The SMILES string of the molecule is O=C(OCCO)c1ccc(S(=O)(=O)O)c(C(=O)OCCO)c1. The summed E-state index contributed by atoms with van der Waals surface area (Å²) in [6.45, 7) is -1.54. The van der Waals surface area contributed by atoms with Gasteiger partial charge in [0.05, 0.1) is 24.3 Å². The zero-order valence-electron chi connectivity index (χ0n) is 11.3. The number of hydrogen-bond donors (Lipinski definition) is 3. The maximum atomic E-state index is 11.8. The van der Waals surface area contributed by atoms with Gasteiger partial charge in [-0.3, -0.25) is 4.55 Å². The van der Waals surface area contributed by atoms with E-state index in [-0.39, 0.29) is 18.8 Å². The summed E-state index contributed by atoms with van der Waals surface area (Å²) in [4.78, 5) is 22.6. The number of ether oxygens (including phenoxy) is 2. The molecule has 122 valence electrons. The number of aliphatic hydroxyl groups excluding tert-OH is 2. The number of aliphatic hydroxyl groups is 2. The van der Waals surface area contributed by atoms with Crippen LogP contribution in [0, 0.1) is 0 Å². The molecule has 0 aliphatic rings. The highest BCUT2D eigenvalue weighted by Crippen LogP contribution is 2.19. The molecule has 0 atom stereocenters. The standard InChI is InChI=1S/C12H14O9S/c13-3-5-20-11(15)8-1-2-10(22(17,18)19)9(7-8)12(16)21-6-4-14/h1-2,7,13-14H,3-6H2,(H,17,18,19). The predicted molar refractivity (Wildman–Crippen MR) is 71.0 cm³/mol. The maximum absolute atomic E-state index is 11.8. The molecule has 0 bridgehead atoms.